The molecule has 0 unspecified atom stereocenters. The summed E-state index contributed by atoms with van der Waals surface area (Å²) in [4.78, 5) is 20.8. The second-order valence-corrected chi connectivity index (χ2v) is 5.49. The summed E-state index contributed by atoms with van der Waals surface area (Å²) < 4.78 is 13.7. The maximum absolute atomic E-state index is 13.7. The fraction of sp³-hybridized carbons (Fsp3) is 0.105. The summed E-state index contributed by atoms with van der Waals surface area (Å²) in [5, 5.41) is 5.62. The summed E-state index contributed by atoms with van der Waals surface area (Å²) in [6.07, 6.45) is 0. The van der Waals surface area contributed by atoms with E-state index >= 15 is 0 Å². The van der Waals surface area contributed by atoms with E-state index in [4.69, 9.17) is 0 Å². The van der Waals surface area contributed by atoms with E-state index in [1.54, 1.807) is 25.1 Å². The smallest absolute Gasteiger partial charge is 0.274 e. The van der Waals surface area contributed by atoms with Crippen LogP contribution in [0.2, 0.25) is 0 Å². The van der Waals surface area contributed by atoms with E-state index in [0.717, 1.165) is 5.56 Å². The first kappa shape index (κ1) is 16.6. The van der Waals surface area contributed by atoms with Gasteiger partial charge in [-0.25, -0.2) is 14.4 Å². The third kappa shape index (κ3) is 4.38. The van der Waals surface area contributed by atoms with Gasteiger partial charge < -0.3 is 10.6 Å². The van der Waals surface area contributed by atoms with Crippen molar-refractivity contribution in [3.8, 4) is 0 Å². The van der Waals surface area contributed by atoms with Crippen LogP contribution in [0, 0.1) is 12.7 Å². The van der Waals surface area contributed by atoms with Crippen LogP contribution in [0.5, 0.6) is 0 Å². The lowest BCUT2D eigenvalue weighted by atomic mass is 10.2. The minimum atomic E-state index is -0.496. The number of amides is 1. The minimum Gasteiger partial charge on any atom is -0.350 e. The normalized spacial score (nSPS) is 10.3. The van der Waals surface area contributed by atoms with E-state index in [1.807, 2.05) is 30.3 Å². The van der Waals surface area contributed by atoms with Gasteiger partial charge in [-0.2, -0.15) is 0 Å². The highest BCUT2D eigenvalue weighted by molar-refractivity contribution is 6.03. The van der Waals surface area contributed by atoms with Crippen molar-refractivity contribution in [2.75, 3.05) is 10.6 Å². The van der Waals surface area contributed by atoms with E-state index in [1.165, 1.54) is 12.1 Å². The monoisotopic (exact) mass is 336 g/mol. The molecular formula is C19H17FN4O. The summed E-state index contributed by atoms with van der Waals surface area (Å²) >= 11 is 0. The first-order chi connectivity index (χ1) is 12.1. The van der Waals surface area contributed by atoms with Gasteiger partial charge in [0, 0.05) is 12.2 Å². The molecule has 25 heavy (non-hydrogen) atoms. The van der Waals surface area contributed by atoms with Gasteiger partial charge in [-0.05, 0) is 30.7 Å². The topological polar surface area (TPSA) is 66.9 Å². The van der Waals surface area contributed by atoms with Crippen molar-refractivity contribution >= 4 is 17.5 Å². The van der Waals surface area contributed by atoms with Gasteiger partial charge in [0.1, 0.15) is 11.5 Å². The average molecular weight is 336 g/mol. The Hall–Kier alpha value is -3.28. The molecule has 0 aliphatic rings. The molecule has 0 saturated heterocycles. The lowest BCUT2D eigenvalue weighted by Gasteiger charge is -2.09. The van der Waals surface area contributed by atoms with Gasteiger partial charge in [0.25, 0.3) is 5.91 Å². The van der Waals surface area contributed by atoms with Gasteiger partial charge in [0.05, 0.1) is 5.69 Å². The van der Waals surface area contributed by atoms with Crippen LogP contribution in [-0.2, 0) is 6.54 Å². The summed E-state index contributed by atoms with van der Waals surface area (Å²) in [5.41, 5.74) is 2.00. The molecule has 0 aliphatic heterocycles. The predicted molar refractivity (Wildman–Crippen MR) is 94.9 cm³/mol. The van der Waals surface area contributed by atoms with Crippen molar-refractivity contribution in [3.05, 3.63) is 83.4 Å². The molecule has 5 nitrogen and oxygen atoms in total. The quantitative estimate of drug-likeness (QED) is 0.744. The Morgan fingerprint density at radius 1 is 1.04 bits per heavy atom. The van der Waals surface area contributed by atoms with Crippen LogP contribution in [0.4, 0.5) is 16.0 Å². The van der Waals surface area contributed by atoms with Crippen LogP contribution < -0.4 is 10.6 Å². The molecule has 0 spiro atoms. The number of nitrogens with zero attached hydrogens (tertiary/aromatic N) is 2. The van der Waals surface area contributed by atoms with Gasteiger partial charge in [-0.15, -0.1) is 0 Å². The first-order valence-corrected chi connectivity index (χ1v) is 7.81. The van der Waals surface area contributed by atoms with E-state index in [9.17, 15) is 9.18 Å². The number of nitrogens with one attached hydrogen (secondary N) is 2. The van der Waals surface area contributed by atoms with Gasteiger partial charge in [-0.3, -0.25) is 4.79 Å². The average Bonchev–Trinajstić information content (AvgIpc) is 2.62. The molecule has 3 aromatic rings. The number of aromatic nitrogens is 2. The number of benzene rings is 2. The first-order valence-electron chi connectivity index (χ1n) is 7.81. The van der Waals surface area contributed by atoms with Crippen molar-refractivity contribution in [2.45, 2.75) is 13.5 Å². The van der Waals surface area contributed by atoms with Crippen molar-refractivity contribution in [1.29, 1.82) is 0 Å². The number of hydrogen-bond acceptors (Lipinski definition) is 4. The standard InChI is InChI=1S/C19H17FN4O/c1-13-11-17(18(25)23-16-10-6-5-9-15(16)20)24-19(22-13)21-12-14-7-3-2-4-8-14/h2-11H,12H2,1H3,(H,23,25)(H,21,22,24). The van der Waals surface area contributed by atoms with Crippen LogP contribution in [0.1, 0.15) is 21.7 Å². The zero-order valence-corrected chi connectivity index (χ0v) is 13.7. The zero-order valence-electron chi connectivity index (χ0n) is 13.7. The summed E-state index contributed by atoms with van der Waals surface area (Å²) in [6.45, 7) is 2.31. The number of carbonyl (C=O) groups excluding carboxylic acids is 1. The Kier molecular flexibility index (Phi) is 4.99. The van der Waals surface area contributed by atoms with Gasteiger partial charge in [0.2, 0.25) is 5.95 Å². The molecule has 0 fully saturated rings. The molecule has 126 valence electrons. The second-order valence-electron chi connectivity index (χ2n) is 5.49. The summed E-state index contributed by atoms with van der Waals surface area (Å²) in [5.74, 6) is -0.634. The van der Waals surface area contributed by atoms with E-state index in [0.29, 0.717) is 18.2 Å². The largest absolute Gasteiger partial charge is 0.350 e. The number of carbonyl (C=O) groups is 1. The fourth-order valence-electron chi connectivity index (χ4n) is 2.29. The Labute approximate surface area is 145 Å². The Bertz CT molecular complexity index is 884. The highest BCUT2D eigenvalue weighted by Crippen LogP contribution is 2.14. The van der Waals surface area contributed by atoms with Crippen molar-refractivity contribution in [1.82, 2.24) is 9.97 Å². The third-order valence-electron chi connectivity index (χ3n) is 3.50. The van der Waals surface area contributed by atoms with Gasteiger partial charge in [-0.1, -0.05) is 42.5 Å². The lowest BCUT2D eigenvalue weighted by molar-refractivity contribution is 0.102. The fourth-order valence-corrected chi connectivity index (χ4v) is 2.29. The highest BCUT2D eigenvalue weighted by atomic mass is 19.1. The van der Waals surface area contributed by atoms with Crippen LogP contribution in [0.15, 0.2) is 60.7 Å². The zero-order chi connectivity index (χ0) is 17.6. The third-order valence-corrected chi connectivity index (χ3v) is 3.50. The Morgan fingerprint density at radius 2 is 1.76 bits per heavy atom. The Balaban J connectivity index is 1.74. The molecule has 2 aromatic carbocycles. The van der Waals surface area contributed by atoms with Gasteiger partial charge >= 0.3 is 0 Å². The second kappa shape index (κ2) is 7.53. The SMILES string of the molecule is Cc1cc(C(=O)Nc2ccccc2F)nc(NCc2ccccc2)n1. The lowest BCUT2D eigenvalue weighted by Crippen LogP contribution is -2.16. The molecule has 0 saturated carbocycles. The molecule has 3 rings (SSSR count). The maximum atomic E-state index is 13.7. The molecule has 6 heteroatoms. The van der Waals surface area contributed by atoms with Crippen LogP contribution >= 0.6 is 0 Å². The molecule has 0 atom stereocenters. The van der Waals surface area contributed by atoms with Crippen molar-refractivity contribution in [3.63, 3.8) is 0 Å². The Morgan fingerprint density at radius 3 is 2.52 bits per heavy atom. The molecule has 0 aliphatic carbocycles. The number of para-hydroxylation sites is 1. The summed E-state index contributed by atoms with van der Waals surface area (Å²) in [6, 6.07) is 17.3. The number of anilines is 2. The number of aryl methyl sites for hydroxylation is 1. The molecular weight excluding hydrogens is 319 g/mol. The number of hydrogen-bond donors (Lipinski definition) is 2. The molecule has 0 radical (unpaired) electrons. The van der Waals surface area contributed by atoms with Crippen LogP contribution in [-0.4, -0.2) is 15.9 Å². The van der Waals surface area contributed by atoms with Gasteiger partial charge in [0.15, 0.2) is 0 Å². The number of halogens is 1. The summed E-state index contributed by atoms with van der Waals surface area (Å²) in [7, 11) is 0. The van der Waals surface area contributed by atoms with Crippen LogP contribution in [0.3, 0.4) is 0 Å². The minimum absolute atomic E-state index is 0.113. The molecule has 1 heterocycles. The maximum Gasteiger partial charge on any atom is 0.274 e. The van der Waals surface area contributed by atoms with Crippen LogP contribution in [0.25, 0.3) is 0 Å². The molecule has 0 bridgehead atoms. The van der Waals surface area contributed by atoms with E-state index < -0.39 is 11.7 Å². The van der Waals surface area contributed by atoms with E-state index in [2.05, 4.69) is 20.6 Å². The predicted octanol–water partition coefficient (Wildman–Crippen LogP) is 3.79. The highest BCUT2D eigenvalue weighted by Gasteiger charge is 2.12. The number of rotatable bonds is 5. The molecule has 2 N–H and O–H groups in total. The molecule has 1 aromatic heterocycles. The van der Waals surface area contributed by atoms with E-state index in [-0.39, 0.29) is 11.4 Å². The van der Waals surface area contributed by atoms with Crippen molar-refractivity contribution in [2.24, 2.45) is 0 Å². The molecule has 1 amide bonds. The van der Waals surface area contributed by atoms with Crippen molar-refractivity contribution < 1.29 is 9.18 Å².